The summed E-state index contributed by atoms with van der Waals surface area (Å²) in [5, 5.41) is 3.45. The first kappa shape index (κ1) is 15.1. The Kier molecular flexibility index (Phi) is 5.01. The molecule has 5 heteroatoms. The van der Waals surface area contributed by atoms with Gasteiger partial charge in [-0.15, -0.1) is 0 Å². The van der Waals surface area contributed by atoms with E-state index in [0.717, 1.165) is 57.9 Å². The molecule has 1 saturated carbocycles. The average molecular weight is 295 g/mol. The molecule has 3 rings (SSSR count). The third-order valence-corrected chi connectivity index (χ3v) is 5.08. The Balaban J connectivity index is 1.39. The zero-order valence-electron chi connectivity index (χ0n) is 13.3. The van der Waals surface area contributed by atoms with Crippen LogP contribution in [-0.4, -0.2) is 64.0 Å². The summed E-state index contributed by atoms with van der Waals surface area (Å²) in [7, 11) is 1.88. The van der Waals surface area contributed by atoms with E-state index in [1.54, 1.807) is 0 Å². The molecule has 2 aliphatic heterocycles. The number of likely N-dealkylation sites (tertiary alicyclic amines) is 1. The summed E-state index contributed by atoms with van der Waals surface area (Å²) in [6, 6.07) is 0. The van der Waals surface area contributed by atoms with Crippen LogP contribution in [0.3, 0.4) is 0 Å². The Hall–Kier alpha value is -0.810. The number of hydrogen-bond acceptors (Lipinski definition) is 3. The van der Waals surface area contributed by atoms with Crippen molar-refractivity contribution in [3.8, 4) is 0 Å². The molecule has 0 aromatic carbocycles. The summed E-state index contributed by atoms with van der Waals surface area (Å²) >= 11 is 0. The first-order chi connectivity index (χ1) is 10.3. The van der Waals surface area contributed by atoms with Gasteiger partial charge in [-0.05, 0) is 43.4 Å². The predicted molar refractivity (Wildman–Crippen MR) is 83.6 cm³/mol. The van der Waals surface area contributed by atoms with E-state index in [-0.39, 0.29) is 0 Å². The smallest absolute Gasteiger partial charge is 0.193 e. The highest BCUT2D eigenvalue weighted by Crippen LogP contribution is 2.39. The zero-order valence-corrected chi connectivity index (χ0v) is 13.3. The fourth-order valence-electron chi connectivity index (χ4n) is 3.43. The van der Waals surface area contributed by atoms with Crippen LogP contribution in [0.5, 0.6) is 0 Å². The van der Waals surface area contributed by atoms with Gasteiger partial charge in [-0.2, -0.15) is 0 Å². The molecule has 5 nitrogen and oxygen atoms in total. The molecule has 0 amide bonds. The van der Waals surface area contributed by atoms with Crippen LogP contribution in [0.25, 0.3) is 0 Å². The molecule has 3 aliphatic rings. The number of rotatable bonds is 5. The molecule has 1 spiro atoms. The maximum Gasteiger partial charge on any atom is 0.193 e. The van der Waals surface area contributed by atoms with Crippen molar-refractivity contribution >= 4 is 5.96 Å². The summed E-state index contributed by atoms with van der Waals surface area (Å²) in [6.45, 7) is 6.66. The molecule has 0 atom stereocenters. The molecular formula is C16H29N3O2. The Morgan fingerprint density at radius 1 is 1.33 bits per heavy atom. The third-order valence-electron chi connectivity index (χ3n) is 5.08. The Morgan fingerprint density at radius 2 is 2.14 bits per heavy atom. The molecule has 0 unspecified atom stereocenters. The Bertz CT molecular complexity index is 363. The maximum absolute atomic E-state index is 5.67. The van der Waals surface area contributed by atoms with Gasteiger partial charge in [0.1, 0.15) is 0 Å². The Morgan fingerprint density at radius 3 is 2.86 bits per heavy atom. The minimum Gasteiger partial charge on any atom is -0.381 e. The van der Waals surface area contributed by atoms with Crippen LogP contribution < -0.4 is 5.32 Å². The second-order valence-corrected chi connectivity index (χ2v) is 6.78. The zero-order chi connectivity index (χ0) is 14.5. The van der Waals surface area contributed by atoms with Gasteiger partial charge in [0.2, 0.25) is 0 Å². The van der Waals surface area contributed by atoms with Crippen molar-refractivity contribution in [1.29, 1.82) is 0 Å². The summed E-state index contributed by atoms with van der Waals surface area (Å²) in [5.74, 6) is 1.88. The molecule has 120 valence electrons. The first-order valence-corrected chi connectivity index (χ1v) is 8.42. The second kappa shape index (κ2) is 6.97. The maximum atomic E-state index is 5.67. The van der Waals surface area contributed by atoms with Gasteiger partial charge in [0.15, 0.2) is 5.96 Å². The summed E-state index contributed by atoms with van der Waals surface area (Å²) < 4.78 is 11.2. The topological polar surface area (TPSA) is 46.1 Å². The van der Waals surface area contributed by atoms with Crippen LogP contribution in [0.15, 0.2) is 4.99 Å². The SMILES string of the molecule is CN=C(NCCOCC1CC1)N1CCC2(CCOCC2)C1. The van der Waals surface area contributed by atoms with Crippen LogP contribution in [-0.2, 0) is 9.47 Å². The van der Waals surface area contributed by atoms with Gasteiger partial charge in [-0.1, -0.05) is 0 Å². The van der Waals surface area contributed by atoms with Crippen molar-refractivity contribution in [2.24, 2.45) is 16.3 Å². The Labute approximate surface area is 128 Å². The third kappa shape index (κ3) is 4.10. The standard InChI is InChI=1S/C16H29N3O2/c1-17-15(18-7-11-21-12-14-2-3-14)19-8-4-16(13-19)5-9-20-10-6-16/h14H,2-13H2,1H3,(H,17,18). The van der Waals surface area contributed by atoms with E-state index in [1.807, 2.05) is 7.05 Å². The first-order valence-electron chi connectivity index (χ1n) is 8.42. The largest absolute Gasteiger partial charge is 0.381 e. The highest BCUT2D eigenvalue weighted by Gasteiger charge is 2.40. The number of nitrogens with zero attached hydrogens (tertiary/aromatic N) is 2. The van der Waals surface area contributed by atoms with E-state index in [1.165, 1.54) is 32.1 Å². The fraction of sp³-hybridized carbons (Fsp3) is 0.938. The number of ether oxygens (including phenoxy) is 2. The number of aliphatic imine (C=N–C) groups is 1. The van der Waals surface area contributed by atoms with E-state index in [4.69, 9.17) is 9.47 Å². The lowest BCUT2D eigenvalue weighted by molar-refractivity contribution is 0.0217. The lowest BCUT2D eigenvalue weighted by atomic mass is 9.80. The molecule has 1 aliphatic carbocycles. The molecule has 0 radical (unpaired) electrons. The summed E-state index contributed by atoms with van der Waals surface area (Å²) in [6.07, 6.45) is 6.38. The monoisotopic (exact) mass is 295 g/mol. The molecule has 2 saturated heterocycles. The number of hydrogen-bond donors (Lipinski definition) is 1. The van der Waals surface area contributed by atoms with Crippen molar-refractivity contribution < 1.29 is 9.47 Å². The quantitative estimate of drug-likeness (QED) is 0.474. The average Bonchev–Trinajstić information content (AvgIpc) is 3.26. The second-order valence-electron chi connectivity index (χ2n) is 6.78. The van der Waals surface area contributed by atoms with Crippen molar-refractivity contribution in [1.82, 2.24) is 10.2 Å². The molecule has 0 aromatic heterocycles. The molecule has 0 bridgehead atoms. The van der Waals surface area contributed by atoms with Gasteiger partial charge >= 0.3 is 0 Å². The van der Waals surface area contributed by atoms with Crippen molar-refractivity contribution in [2.75, 3.05) is 53.1 Å². The van der Waals surface area contributed by atoms with Crippen LogP contribution in [0.2, 0.25) is 0 Å². The molecule has 21 heavy (non-hydrogen) atoms. The lowest BCUT2D eigenvalue weighted by Crippen LogP contribution is -2.43. The summed E-state index contributed by atoms with van der Waals surface area (Å²) in [4.78, 5) is 6.85. The molecule has 0 aromatic rings. The van der Waals surface area contributed by atoms with E-state index in [2.05, 4.69) is 15.2 Å². The van der Waals surface area contributed by atoms with Gasteiger partial charge in [0, 0.05) is 46.5 Å². The van der Waals surface area contributed by atoms with Gasteiger partial charge in [0.25, 0.3) is 0 Å². The minimum atomic E-state index is 0.471. The van der Waals surface area contributed by atoms with Crippen LogP contribution in [0.4, 0.5) is 0 Å². The molecule has 3 fully saturated rings. The van der Waals surface area contributed by atoms with Crippen LogP contribution >= 0.6 is 0 Å². The van der Waals surface area contributed by atoms with Crippen molar-refractivity contribution in [2.45, 2.75) is 32.1 Å². The minimum absolute atomic E-state index is 0.471. The van der Waals surface area contributed by atoms with Crippen LogP contribution in [0.1, 0.15) is 32.1 Å². The van der Waals surface area contributed by atoms with Gasteiger partial charge < -0.3 is 19.7 Å². The molecule has 1 N–H and O–H groups in total. The van der Waals surface area contributed by atoms with E-state index in [9.17, 15) is 0 Å². The highest BCUT2D eigenvalue weighted by atomic mass is 16.5. The number of nitrogens with one attached hydrogen (secondary N) is 1. The van der Waals surface area contributed by atoms with E-state index in [0.29, 0.717) is 5.41 Å². The van der Waals surface area contributed by atoms with Gasteiger partial charge in [-0.3, -0.25) is 4.99 Å². The lowest BCUT2D eigenvalue weighted by Gasteiger charge is -2.33. The fourth-order valence-corrected chi connectivity index (χ4v) is 3.43. The van der Waals surface area contributed by atoms with Crippen LogP contribution in [0, 0.1) is 11.3 Å². The van der Waals surface area contributed by atoms with Gasteiger partial charge in [0.05, 0.1) is 6.61 Å². The van der Waals surface area contributed by atoms with Crippen molar-refractivity contribution in [3.63, 3.8) is 0 Å². The highest BCUT2D eigenvalue weighted by molar-refractivity contribution is 5.80. The number of guanidine groups is 1. The summed E-state index contributed by atoms with van der Waals surface area (Å²) in [5.41, 5.74) is 0.471. The van der Waals surface area contributed by atoms with Crippen molar-refractivity contribution in [3.05, 3.63) is 0 Å². The van der Waals surface area contributed by atoms with E-state index < -0.39 is 0 Å². The van der Waals surface area contributed by atoms with E-state index >= 15 is 0 Å². The molecular weight excluding hydrogens is 266 g/mol. The normalized spacial score (nSPS) is 25.6. The predicted octanol–water partition coefficient (Wildman–Crippen LogP) is 1.49. The molecule has 2 heterocycles. The van der Waals surface area contributed by atoms with Gasteiger partial charge in [-0.25, -0.2) is 0 Å².